The van der Waals surface area contributed by atoms with Crippen LogP contribution < -0.4 is 9.62 Å². The van der Waals surface area contributed by atoms with Crippen LogP contribution in [0.1, 0.15) is 48.6 Å². The number of rotatable bonds is 7. The highest BCUT2D eigenvalue weighted by atomic mass is 35.5. The van der Waals surface area contributed by atoms with Gasteiger partial charge in [0.1, 0.15) is 6.04 Å². The van der Waals surface area contributed by atoms with Crippen molar-refractivity contribution in [3.63, 3.8) is 0 Å². The largest absolute Gasteiger partial charge is 0.348 e. The van der Waals surface area contributed by atoms with Crippen LogP contribution in [0, 0.1) is 20.8 Å². The first-order chi connectivity index (χ1) is 13.5. The van der Waals surface area contributed by atoms with Gasteiger partial charge in [-0.2, -0.15) is 0 Å². The van der Waals surface area contributed by atoms with Gasteiger partial charge in [-0.25, -0.2) is 8.42 Å². The van der Waals surface area contributed by atoms with E-state index in [1.807, 2.05) is 39.8 Å². The standard InChI is InChI=1S/C22H29ClN2O3S/c1-7-21(22(26)24-17(5)19-11-8-14(2)12-16(19)4)25(29(6,27)28)18-10-9-15(3)20(23)13-18/h8-13,17,21H,7H2,1-6H3,(H,24,26)/t17-,21+/m1/s1. The minimum atomic E-state index is -3.70. The minimum absolute atomic E-state index is 0.250. The maximum atomic E-state index is 13.1. The van der Waals surface area contributed by atoms with Gasteiger partial charge in [0.15, 0.2) is 0 Å². The Hall–Kier alpha value is -2.05. The van der Waals surface area contributed by atoms with Gasteiger partial charge in [-0.1, -0.05) is 48.4 Å². The number of aryl methyl sites for hydroxylation is 3. The second-order valence-corrected chi connectivity index (χ2v) is 9.77. The van der Waals surface area contributed by atoms with Crippen LogP contribution in [0.15, 0.2) is 36.4 Å². The molecule has 0 saturated carbocycles. The van der Waals surface area contributed by atoms with E-state index in [4.69, 9.17) is 11.6 Å². The monoisotopic (exact) mass is 436 g/mol. The first kappa shape index (κ1) is 23.2. The molecule has 0 bridgehead atoms. The third-order valence-electron chi connectivity index (χ3n) is 4.99. The highest BCUT2D eigenvalue weighted by molar-refractivity contribution is 7.92. The highest BCUT2D eigenvalue weighted by Crippen LogP contribution is 2.28. The Labute approximate surface area is 179 Å². The highest BCUT2D eigenvalue weighted by Gasteiger charge is 2.32. The van der Waals surface area contributed by atoms with Crippen LogP contribution in [0.3, 0.4) is 0 Å². The number of hydrogen-bond donors (Lipinski definition) is 1. The van der Waals surface area contributed by atoms with E-state index in [1.54, 1.807) is 25.1 Å². The van der Waals surface area contributed by atoms with Crippen LogP contribution in [-0.4, -0.2) is 26.6 Å². The lowest BCUT2D eigenvalue weighted by Gasteiger charge is -2.31. The Morgan fingerprint density at radius 2 is 1.76 bits per heavy atom. The van der Waals surface area contributed by atoms with Crippen molar-refractivity contribution in [2.24, 2.45) is 0 Å². The third-order valence-corrected chi connectivity index (χ3v) is 6.58. The number of benzene rings is 2. The summed E-state index contributed by atoms with van der Waals surface area (Å²) in [5, 5.41) is 3.43. The lowest BCUT2D eigenvalue weighted by molar-refractivity contribution is -0.122. The predicted molar refractivity (Wildman–Crippen MR) is 120 cm³/mol. The molecule has 0 aromatic heterocycles. The van der Waals surface area contributed by atoms with Crippen molar-refractivity contribution < 1.29 is 13.2 Å². The van der Waals surface area contributed by atoms with Crippen molar-refractivity contribution in [1.29, 1.82) is 0 Å². The number of anilines is 1. The van der Waals surface area contributed by atoms with E-state index in [0.29, 0.717) is 17.1 Å². The maximum Gasteiger partial charge on any atom is 0.244 e. The summed E-state index contributed by atoms with van der Waals surface area (Å²) in [6.45, 7) is 9.55. The quantitative estimate of drug-likeness (QED) is 0.684. The van der Waals surface area contributed by atoms with Crippen molar-refractivity contribution >= 4 is 33.2 Å². The summed E-state index contributed by atoms with van der Waals surface area (Å²) in [6.07, 6.45) is 1.42. The second kappa shape index (κ2) is 9.18. The Kier molecular flexibility index (Phi) is 7.35. The zero-order valence-corrected chi connectivity index (χ0v) is 19.4. The van der Waals surface area contributed by atoms with Gasteiger partial charge in [-0.3, -0.25) is 9.10 Å². The van der Waals surface area contributed by atoms with E-state index >= 15 is 0 Å². The molecule has 2 aromatic carbocycles. The summed E-state index contributed by atoms with van der Waals surface area (Å²) in [6, 6.07) is 9.93. The van der Waals surface area contributed by atoms with Gasteiger partial charge in [0.05, 0.1) is 18.0 Å². The number of hydrogen-bond acceptors (Lipinski definition) is 3. The first-order valence-electron chi connectivity index (χ1n) is 9.58. The molecule has 0 aliphatic rings. The lowest BCUT2D eigenvalue weighted by Crippen LogP contribution is -2.49. The molecule has 0 fully saturated rings. The van der Waals surface area contributed by atoms with Crippen LogP contribution in [0.2, 0.25) is 5.02 Å². The smallest absolute Gasteiger partial charge is 0.244 e. The fourth-order valence-electron chi connectivity index (χ4n) is 3.48. The average molecular weight is 437 g/mol. The molecule has 0 aliphatic carbocycles. The second-order valence-electron chi connectivity index (χ2n) is 7.51. The van der Waals surface area contributed by atoms with Gasteiger partial charge >= 0.3 is 0 Å². The van der Waals surface area contributed by atoms with E-state index < -0.39 is 16.1 Å². The molecule has 0 unspecified atom stereocenters. The van der Waals surface area contributed by atoms with Crippen LogP contribution in [-0.2, 0) is 14.8 Å². The summed E-state index contributed by atoms with van der Waals surface area (Å²) < 4.78 is 26.3. The number of halogens is 1. The Morgan fingerprint density at radius 1 is 1.10 bits per heavy atom. The first-order valence-corrected chi connectivity index (χ1v) is 11.8. The number of carbonyl (C=O) groups is 1. The molecule has 1 N–H and O–H groups in total. The Balaban J connectivity index is 2.36. The molecule has 0 saturated heterocycles. The lowest BCUT2D eigenvalue weighted by atomic mass is 10.00. The van der Waals surface area contributed by atoms with E-state index in [9.17, 15) is 13.2 Å². The number of nitrogens with one attached hydrogen (secondary N) is 1. The number of carbonyl (C=O) groups excluding carboxylic acids is 1. The van der Waals surface area contributed by atoms with Gasteiger partial charge in [0, 0.05) is 5.02 Å². The van der Waals surface area contributed by atoms with Crippen molar-refractivity contribution in [2.75, 3.05) is 10.6 Å². The van der Waals surface area contributed by atoms with E-state index in [2.05, 4.69) is 11.4 Å². The molecule has 1 amide bonds. The molecule has 0 spiro atoms. The van der Waals surface area contributed by atoms with Crippen molar-refractivity contribution in [2.45, 2.75) is 53.1 Å². The van der Waals surface area contributed by atoms with E-state index in [0.717, 1.165) is 32.8 Å². The topological polar surface area (TPSA) is 66.5 Å². The number of nitrogens with zero attached hydrogens (tertiary/aromatic N) is 1. The molecule has 2 rings (SSSR count). The molecule has 29 heavy (non-hydrogen) atoms. The summed E-state index contributed by atoms with van der Waals surface area (Å²) in [7, 11) is -3.70. The van der Waals surface area contributed by atoms with Crippen LogP contribution >= 0.6 is 11.6 Å². The van der Waals surface area contributed by atoms with Crippen molar-refractivity contribution in [1.82, 2.24) is 5.32 Å². The number of amides is 1. The molecule has 5 nitrogen and oxygen atoms in total. The molecule has 2 aromatic rings. The van der Waals surface area contributed by atoms with Crippen LogP contribution in [0.25, 0.3) is 0 Å². The SMILES string of the molecule is CC[C@@H](C(=O)N[C@H](C)c1ccc(C)cc1C)N(c1ccc(C)c(Cl)c1)S(C)(=O)=O. The summed E-state index contributed by atoms with van der Waals surface area (Å²) >= 11 is 6.21. The van der Waals surface area contributed by atoms with Gasteiger partial charge < -0.3 is 5.32 Å². The molecular weight excluding hydrogens is 408 g/mol. The zero-order valence-electron chi connectivity index (χ0n) is 17.8. The molecule has 0 aliphatic heterocycles. The molecule has 0 radical (unpaired) electrons. The zero-order chi connectivity index (χ0) is 21.9. The summed E-state index contributed by atoms with van der Waals surface area (Å²) in [5.74, 6) is -0.345. The Bertz CT molecular complexity index is 1010. The maximum absolute atomic E-state index is 13.1. The third kappa shape index (κ3) is 5.52. The fourth-order valence-corrected chi connectivity index (χ4v) is 4.86. The molecular formula is C22H29ClN2O3S. The fraction of sp³-hybridized carbons (Fsp3) is 0.409. The normalized spacial score (nSPS) is 13.6. The van der Waals surface area contributed by atoms with E-state index in [-0.39, 0.29) is 11.9 Å². The van der Waals surface area contributed by atoms with Gasteiger partial charge in [0.2, 0.25) is 15.9 Å². The average Bonchev–Trinajstić information content (AvgIpc) is 2.60. The Morgan fingerprint density at radius 3 is 2.28 bits per heavy atom. The summed E-state index contributed by atoms with van der Waals surface area (Å²) in [5.41, 5.74) is 4.45. The van der Waals surface area contributed by atoms with Gasteiger partial charge in [0.25, 0.3) is 0 Å². The predicted octanol–water partition coefficient (Wildman–Crippen LogP) is 4.69. The van der Waals surface area contributed by atoms with Crippen molar-refractivity contribution in [3.8, 4) is 0 Å². The van der Waals surface area contributed by atoms with E-state index in [1.165, 1.54) is 0 Å². The molecule has 0 heterocycles. The summed E-state index contributed by atoms with van der Waals surface area (Å²) in [4.78, 5) is 13.1. The molecule has 2 atom stereocenters. The molecule has 7 heteroatoms. The minimum Gasteiger partial charge on any atom is -0.348 e. The van der Waals surface area contributed by atoms with Gasteiger partial charge in [-0.15, -0.1) is 0 Å². The van der Waals surface area contributed by atoms with Crippen LogP contribution in [0.5, 0.6) is 0 Å². The van der Waals surface area contributed by atoms with Gasteiger partial charge in [-0.05, 0) is 62.9 Å². The van der Waals surface area contributed by atoms with Crippen molar-refractivity contribution in [3.05, 3.63) is 63.7 Å². The van der Waals surface area contributed by atoms with Crippen LogP contribution in [0.4, 0.5) is 5.69 Å². The number of sulfonamides is 1. The molecule has 158 valence electrons.